The zero-order chi connectivity index (χ0) is 26.2. The Morgan fingerprint density at radius 2 is 1.60 bits per heavy atom. The van der Waals surface area contributed by atoms with Crippen molar-refractivity contribution in [2.75, 3.05) is 28.4 Å². The molecule has 0 radical (unpaired) electrons. The molecule has 2 aromatic carbocycles. The molecule has 1 N–H and O–H groups in total. The van der Waals surface area contributed by atoms with Crippen molar-refractivity contribution in [3.05, 3.63) is 52.4 Å². The van der Waals surface area contributed by atoms with Crippen LogP contribution in [-0.2, 0) is 37.7 Å². The number of methoxy groups -OCH3 is 4. The summed E-state index contributed by atoms with van der Waals surface area (Å²) in [5.74, 6) is 0.159. The van der Waals surface area contributed by atoms with E-state index in [2.05, 4.69) is 0 Å². The zero-order valence-corrected chi connectivity index (χ0v) is 21.4. The third kappa shape index (κ3) is 7.30. The highest BCUT2D eigenvalue weighted by molar-refractivity contribution is 7.93. The summed E-state index contributed by atoms with van der Waals surface area (Å²) < 4.78 is 39.3. The van der Waals surface area contributed by atoms with Crippen LogP contribution >= 0.6 is 0 Å². The van der Waals surface area contributed by atoms with Crippen molar-refractivity contribution >= 4 is 29.2 Å². The van der Waals surface area contributed by atoms with Crippen molar-refractivity contribution in [2.45, 2.75) is 31.6 Å². The van der Waals surface area contributed by atoms with Gasteiger partial charge in [0.15, 0.2) is 0 Å². The first-order valence-corrected chi connectivity index (χ1v) is 11.9. The molecule has 0 bridgehead atoms. The molecule has 0 fully saturated rings. The lowest BCUT2D eigenvalue weighted by Gasteiger charge is -2.25. The van der Waals surface area contributed by atoms with Crippen molar-refractivity contribution in [3.8, 4) is 23.0 Å². The number of hydrogen-bond donors (Lipinski definition) is 1. The van der Waals surface area contributed by atoms with E-state index in [9.17, 15) is 19.2 Å². The van der Waals surface area contributed by atoms with Crippen LogP contribution in [0.5, 0.6) is 23.0 Å². The van der Waals surface area contributed by atoms with E-state index in [4.69, 9.17) is 23.7 Å². The molecule has 0 saturated carbocycles. The first-order valence-electron chi connectivity index (χ1n) is 10.5. The van der Waals surface area contributed by atoms with E-state index in [0.29, 0.717) is 39.7 Å². The Morgan fingerprint density at radius 1 is 1.00 bits per heavy atom. The first kappa shape index (κ1) is 27.9. The molecule has 0 aliphatic heterocycles. The summed E-state index contributed by atoms with van der Waals surface area (Å²) in [4.78, 5) is 23.2. The van der Waals surface area contributed by atoms with Gasteiger partial charge in [-0.2, -0.15) is 0 Å². The van der Waals surface area contributed by atoms with E-state index in [1.165, 1.54) is 40.8 Å². The molecule has 0 aromatic heterocycles. The molecule has 0 aliphatic rings. The van der Waals surface area contributed by atoms with Gasteiger partial charge in [0.2, 0.25) is 5.60 Å². The monoisotopic (exact) mass is 506 g/mol. The highest BCUT2D eigenvalue weighted by Crippen LogP contribution is 2.35. The number of carbonyl (C=O) groups excluding carboxylic acids is 1. The van der Waals surface area contributed by atoms with Crippen molar-refractivity contribution in [2.24, 2.45) is 0 Å². The number of esters is 1. The van der Waals surface area contributed by atoms with Gasteiger partial charge in [0.05, 0.1) is 34.0 Å². The maximum Gasteiger partial charge on any atom is 0.348 e. The van der Waals surface area contributed by atoms with Gasteiger partial charge in [-0.05, 0) is 35.8 Å². The van der Waals surface area contributed by atoms with Crippen molar-refractivity contribution in [3.63, 3.8) is 0 Å². The molecule has 2 unspecified atom stereocenters. The molecule has 0 heterocycles. The summed E-state index contributed by atoms with van der Waals surface area (Å²) in [6.45, 7) is 2.47. The fourth-order valence-electron chi connectivity index (χ4n) is 3.45. The predicted octanol–water partition coefficient (Wildman–Crippen LogP) is 3.59. The van der Waals surface area contributed by atoms with Crippen molar-refractivity contribution < 1.29 is 42.9 Å². The maximum absolute atomic E-state index is 12.8. The van der Waals surface area contributed by atoms with Crippen LogP contribution in [0.1, 0.15) is 30.5 Å². The molecule has 2 aromatic rings. The summed E-state index contributed by atoms with van der Waals surface area (Å²) in [6.07, 6.45) is 1.53. The van der Waals surface area contributed by atoms with Crippen molar-refractivity contribution in [1.29, 1.82) is 0 Å². The third-order valence-electron chi connectivity index (χ3n) is 5.14. The fraction of sp³-hybridized carbons (Fsp3) is 0.360. The fourth-order valence-corrected chi connectivity index (χ4v) is 4.34. The SMILES string of the molecule is COc1cc(OC)c(C=C[S+]([O-])Cc2ccc(OC)c(CC(C)(OC(C)=O)C(=O)O)c2)c(OC)c1. The van der Waals surface area contributed by atoms with Gasteiger partial charge in [0.25, 0.3) is 0 Å². The Morgan fingerprint density at radius 3 is 2.09 bits per heavy atom. The minimum Gasteiger partial charge on any atom is -0.612 e. The van der Waals surface area contributed by atoms with Gasteiger partial charge in [0, 0.05) is 37.1 Å². The summed E-state index contributed by atoms with van der Waals surface area (Å²) in [5.41, 5.74) is 0.0277. The lowest BCUT2D eigenvalue weighted by Crippen LogP contribution is -2.42. The number of hydrogen-bond acceptors (Lipinski definition) is 8. The Hall–Kier alpha value is -3.37. The molecular weight excluding hydrogens is 476 g/mol. The van der Waals surface area contributed by atoms with Crippen LogP contribution in [0.15, 0.2) is 35.7 Å². The van der Waals surface area contributed by atoms with Gasteiger partial charge in [-0.1, -0.05) is 6.07 Å². The van der Waals surface area contributed by atoms with E-state index in [-0.39, 0.29) is 12.2 Å². The molecule has 2 atom stereocenters. The standard InChI is InChI=1S/C25H30O9S/c1-16(26)34-25(2,24(27)28)14-18-11-17(7-8-21(18)31-4)15-35(29)10-9-20-22(32-5)12-19(30-3)13-23(20)33-6/h7-13H,14-15H2,1-6H3,(H,27,28). The van der Waals surface area contributed by atoms with E-state index in [0.717, 1.165) is 6.92 Å². The summed E-state index contributed by atoms with van der Waals surface area (Å²) >= 11 is -1.42. The van der Waals surface area contributed by atoms with E-state index in [1.807, 2.05) is 0 Å². The number of carbonyl (C=O) groups is 2. The lowest BCUT2D eigenvalue weighted by molar-refractivity contribution is -0.175. The van der Waals surface area contributed by atoms with Crippen LogP contribution in [0.2, 0.25) is 0 Å². The van der Waals surface area contributed by atoms with Crippen molar-refractivity contribution in [1.82, 2.24) is 0 Å². The zero-order valence-electron chi connectivity index (χ0n) is 20.6. The molecule has 9 nitrogen and oxygen atoms in total. The second kappa shape index (κ2) is 12.4. The number of ether oxygens (including phenoxy) is 5. The largest absolute Gasteiger partial charge is 0.612 e. The number of aliphatic carboxylic acids is 1. The quantitative estimate of drug-likeness (QED) is 0.340. The minimum atomic E-state index is -1.78. The number of benzene rings is 2. The average molecular weight is 507 g/mol. The molecule has 0 aliphatic carbocycles. The van der Waals surface area contributed by atoms with Gasteiger partial charge in [0.1, 0.15) is 34.2 Å². The van der Waals surface area contributed by atoms with E-state index < -0.39 is 28.7 Å². The Labute approximate surface area is 207 Å². The first-order chi connectivity index (χ1) is 16.6. The molecule has 2 rings (SSSR count). The highest BCUT2D eigenvalue weighted by atomic mass is 32.2. The number of carboxylic acid groups (broad SMARTS) is 1. The topological polar surface area (TPSA) is 124 Å². The van der Waals surface area contributed by atoms with Gasteiger partial charge in [-0.15, -0.1) is 0 Å². The normalized spacial score (nSPS) is 13.6. The molecule has 0 saturated heterocycles. The van der Waals surface area contributed by atoms with Crippen LogP contribution in [-0.4, -0.2) is 55.6 Å². The summed E-state index contributed by atoms with van der Waals surface area (Å²) in [7, 11) is 6.02. The molecule has 0 spiro atoms. The molecule has 190 valence electrons. The van der Waals surface area contributed by atoms with Crippen LogP contribution < -0.4 is 18.9 Å². The Balaban J connectivity index is 2.29. The molecule has 35 heavy (non-hydrogen) atoms. The van der Waals surface area contributed by atoms with Crippen LogP contribution in [0.25, 0.3) is 6.08 Å². The van der Waals surface area contributed by atoms with Gasteiger partial charge < -0.3 is 33.3 Å². The molecule has 0 amide bonds. The molecule has 10 heteroatoms. The van der Waals surface area contributed by atoms with Gasteiger partial charge in [-0.3, -0.25) is 4.79 Å². The maximum atomic E-state index is 12.8. The minimum absolute atomic E-state index is 0.123. The summed E-state index contributed by atoms with van der Waals surface area (Å²) in [5, 5.41) is 11.1. The van der Waals surface area contributed by atoms with Crippen LogP contribution in [0.4, 0.5) is 0 Å². The summed E-state index contributed by atoms with van der Waals surface area (Å²) in [6, 6.07) is 8.50. The second-order valence-corrected chi connectivity index (χ2v) is 9.05. The Kier molecular flexibility index (Phi) is 9.85. The smallest absolute Gasteiger partial charge is 0.348 e. The van der Waals surface area contributed by atoms with Crippen LogP contribution in [0, 0.1) is 0 Å². The number of carboxylic acids is 1. The van der Waals surface area contributed by atoms with Gasteiger partial charge in [-0.25, -0.2) is 4.79 Å². The molecular formula is C25H30O9S. The average Bonchev–Trinajstić information content (AvgIpc) is 2.81. The van der Waals surface area contributed by atoms with E-state index >= 15 is 0 Å². The number of rotatable bonds is 12. The second-order valence-electron chi connectivity index (χ2n) is 7.73. The Bertz CT molecular complexity index is 1060. The highest BCUT2D eigenvalue weighted by Gasteiger charge is 2.38. The van der Waals surface area contributed by atoms with E-state index in [1.54, 1.807) is 36.4 Å². The lowest BCUT2D eigenvalue weighted by atomic mass is 9.94. The predicted molar refractivity (Wildman–Crippen MR) is 131 cm³/mol. The van der Waals surface area contributed by atoms with Crippen LogP contribution in [0.3, 0.4) is 0 Å². The van der Waals surface area contributed by atoms with Gasteiger partial charge >= 0.3 is 11.9 Å². The third-order valence-corrected chi connectivity index (χ3v) is 6.20.